The number of benzene rings is 2. The van der Waals surface area contributed by atoms with Crippen LogP contribution in [-0.4, -0.2) is 30.5 Å². The van der Waals surface area contributed by atoms with Crippen LogP contribution in [0.15, 0.2) is 59.7 Å². The maximum Gasteiger partial charge on any atom is 0.308 e. The van der Waals surface area contributed by atoms with Crippen molar-refractivity contribution in [3.63, 3.8) is 0 Å². The Hall–Kier alpha value is -4.41. The monoisotopic (exact) mass is 435 g/mol. The Bertz CT molecular complexity index is 1330. The molecule has 10 nitrogen and oxygen atoms in total. The molecule has 0 aliphatic rings. The van der Waals surface area contributed by atoms with Crippen LogP contribution in [-0.2, 0) is 22.7 Å². The highest BCUT2D eigenvalue weighted by atomic mass is 19.1. The molecule has 4 aromatic rings. The van der Waals surface area contributed by atoms with E-state index in [-0.39, 0.29) is 48.7 Å². The number of carbonyl (C=O) groups excluding carboxylic acids is 1. The topological polar surface area (TPSA) is 138 Å². The van der Waals surface area contributed by atoms with Gasteiger partial charge >= 0.3 is 5.97 Å². The van der Waals surface area contributed by atoms with Crippen LogP contribution in [0.2, 0.25) is 0 Å². The number of nitrogens with zero attached hydrogens (tertiary/aromatic N) is 5. The average Bonchev–Trinajstić information content (AvgIpc) is 2.79. The first-order valence-corrected chi connectivity index (χ1v) is 9.61. The smallest absolute Gasteiger partial charge is 0.308 e. The molecule has 0 fully saturated rings. The number of nitrogen functional groups attached to an aromatic ring is 1. The van der Waals surface area contributed by atoms with E-state index < -0.39 is 5.97 Å². The van der Waals surface area contributed by atoms with Crippen molar-refractivity contribution in [1.29, 1.82) is 0 Å². The lowest BCUT2D eigenvalue weighted by molar-refractivity contribution is -0.145. The van der Waals surface area contributed by atoms with Gasteiger partial charge in [-0.05, 0) is 36.4 Å². The maximum atomic E-state index is 13.0. The van der Waals surface area contributed by atoms with Crippen molar-refractivity contribution in [2.45, 2.75) is 19.6 Å². The molecular weight excluding hydrogens is 417 g/mol. The number of hydrogen-bond donors (Lipinski definition) is 2. The predicted molar refractivity (Wildman–Crippen MR) is 114 cm³/mol. The molecule has 0 amide bonds. The van der Waals surface area contributed by atoms with E-state index >= 15 is 0 Å². The summed E-state index contributed by atoms with van der Waals surface area (Å²) in [6, 6.07) is 12.6. The van der Waals surface area contributed by atoms with E-state index in [0.717, 1.165) is 0 Å². The van der Waals surface area contributed by atoms with Crippen molar-refractivity contribution in [1.82, 2.24) is 24.5 Å². The molecule has 0 aliphatic carbocycles. The molecule has 162 valence electrons. The number of anilines is 3. The third-order valence-electron chi connectivity index (χ3n) is 4.45. The van der Waals surface area contributed by atoms with E-state index in [4.69, 9.17) is 10.5 Å². The fourth-order valence-electron chi connectivity index (χ4n) is 2.92. The van der Waals surface area contributed by atoms with Gasteiger partial charge in [0.15, 0.2) is 12.4 Å². The Kier molecular flexibility index (Phi) is 5.97. The molecule has 0 unspecified atom stereocenters. The fourth-order valence-corrected chi connectivity index (χ4v) is 2.92. The van der Waals surface area contributed by atoms with Gasteiger partial charge in [0.2, 0.25) is 11.9 Å². The van der Waals surface area contributed by atoms with Crippen molar-refractivity contribution in [3.8, 4) is 0 Å². The summed E-state index contributed by atoms with van der Waals surface area (Å²) in [4.78, 5) is 40.9. The van der Waals surface area contributed by atoms with Crippen LogP contribution in [0.4, 0.5) is 22.0 Å². The third kappa shape index (κ3) is 5.01. The maximum absolute atomic E-state index is 13.0. The van der Waals surface area contributed by atoms with Crippen LogP contribution in [0.3, 0.4) is 0 Å². The SMILES string of the molecule is Nc1nc(COC(=O)CCn2cnc3ccccc3c2=O)nc(Nc2ccc(F)cc2)n1. The van der Waals surface area contributed by atoms with E-state index in [1.54, 1.807) is 24.3 Å². The number of halogens is 1. The number of fused-ring (bicyclic) bond motifs is 1. The van der Waals surface area contributed by atoms with E-state index in [0.29, 0.717) is 16.6 Å². The summed E-state index contributed by atoms with van der Waals surface area (Å²) < 4.78 is 19.6. The molecule has 0 atom stereocenters. The lowest BCUT2D eigenvalue weighted by Gasteiger charge is -2.09. The lowest BCUT2D eigenvalue weighted by Crippen LogP contribution is -2.22. The van der Waals surface area contributed by atoms with Gasteiger partial charge in [-0.2, -0.15) is 15.0 Å². The van der Waals surface area contributed by atoms with Gasteiger partial charge in [-0.15, -0.1) is 0 Å². The minimum atomic E-state index is -0.544. The van der Waals surface area contributed by atoms with Crippen molar-refractivity contribution in [3.05, 3.63) is 76.9 Å². The average molecular weight is 435 g/mol. The zero-order chi connectivity index (χ0) is 22.5. The summed E-state index contributed by atoms with van der Waals surface area (Å²) in [5.74, 6) is -0.717. The van der Waals surface area contributed by atoms with Gasteiger partial charge in [-0.3, -0.25) is 14.2 Å². The second kappa shape index (κ2) is 9.16. The quantitative estimate of drug-likeness (QED) is 0.418. The second-order valence-corrected chi connectivity index (χ2v) is 6.74. The second-order valence-electron chi connectivity index (χ2n) is 6.74. The minimum Gasteiger partial charge on any atom is -0.457 e. The van der Waals surface area contributed by atoms with Gasteiger partial charge in [0.05, 0.1) is 23.7 Å². The number of nitrogens with two attached hydrogens (primary N) is 1. The number of esters is 1. The van der Waals surface area contributed by atoms with Crippen LogP contribution in [0.5, 0.6) is 0 Å². The van der Waals surface area contributed by atoms with Crippen molar-refractivity contribution in [2.24, 2.45) is 0 Å². The Morgan fingerprint density at radius 1 is 1.09 bits per heavy atom. The molecule has 11 heteroatoms. The fraction of sp³-hybridized carbons (Fsp3) is 0.143. The van der Waals surface area contributed by atoms with Crippen molar-refractivity contribution >= 4 is 34.5 Å². The number of para-hydroxylation sites is 1. The summed E-state index contributed by atoms with van der Waals surface area (Å²) >= 11 is 0. The van der Waals surface area contributed by atoms with Gasteiger partial charge in [-0.1, -0.05) is 12.1 Å². The highest BCUT2D eigenvalue weighted by Gasteiger charge is 2.10. The van der Waals surface area contributed by atoms with Crippen LogP contribution >= 0.6 is 0 Å². The molecule has 2 heterocycles. The molecule has 0 spiro atoms. The molecule has 4 rings (SSSR count). The van der Waals surface area contributed by atoms with Crippen LogP contribution < -0.4 is 16.6 Å². The number of rotatable bonds is 7. The highest BCUT2D eigenvalue weighted by molar-refractivity contribution is 5.77. The summed E-state index contributed by atoms with van der Waals surface area (Å²) in [5, 5.41) is 3.35. The van der Waals surface area contributed by atoms with Crippen LogP contribution in [0.25, 0.3) is 10.9 Å². The first-order valence-electron chi connectivity index (χ1n) is 9.61. The highest BCUT2D eigenvalue weighted by Crippen LogP contribution is 2.14. The molecule has 0 saturated heterocycles. The van der Waals surface area contributed by atoms with Gasteiger partial charge in [-0.25, -0.2) is 9.37 Å². The Labute approximate surface area is 180 Å². The minimum absolute atomic E-state index is 0.0405. The number of aryl methyl sites for hydroxylation is 1. The number of nitrogens with one attached hydrogen (secondary N) is 1. The van der Waals surface area contributed by atoms with Crippen LogP contribution in [0.1, 0.15) is 12.2 Å². The Balaban J connectivity index is 1.36. The summed E-state index contributed by atoms with van der Waals surface area (Å²) in [6.45, 7) is -0.110. The first-order chi connectivity index (χ1) is 15.5. The van der Waals surface area contributed by atoms with E-state index in [1.165, 1.54) is 35.2 Å². The molecule has 2 aromatic heterocycles. The van der Waals surface area contributed by atoms with E-state index in [9.17, 15) is 14.0 Å². The number of ether oxygens (including phenoxy) is 1. The normalized spacial score (nSPS) is 10.8. The first kappa shape index (κ1) is 20.8. The van der Waals surface area contributed by atoms with Gasteiger partial charge in [0, 0.05) is 12.2 Å². The van der Waals surface area contributed by atoms with Gasteiger partial charge < -0.3 is 15.8 Å². The zero-order valence-corrected chi connectivity index (χ0v) is 16.7. The predicted octanol–water partition coefficient (Wildman–Crippen LogP) is 2.18. The molecule has 3 N–H and O–H groups in total. The van der Waals surface area contributed by atoms with Gasteiger partial charge in [0.1, 0.15) is 5.82 Å². The summed E-state index contributed by atoms with van der Waals surface area (Å²) in [5.41, 5.74) is 6.60. The standard InChI is InChI=1S/C21H18FN7O3/c22-13-5-7-14(8-6-13)25-21-27-17(26-20(23)28-21)11-32-18(30)9-10-29-12-24-16-4-2-1-3-15(16)19(29)31/h1-8,12H,9-11H2,(H3,23,25,26,27,28). The van der Waals surface area contributed by atoms with E-state index in [1.807, 2.05) is 0 Å². The largest absolute Gasteiger partial charge is 0.457 e. The Morgan fingerprint density at radius 2 is 1.88 bits per heavy atom. The summed E-state index contributed by atoms with van der Waals surface area (Å²) in [6.07, 6.45) is 1.36. The van der Waals surface area contributed by atoms with E-state index in [2.05, 4.69) is 25.3 Å². The van der Waals surface area contributed by atoms with Crippen molar-refractivity contribution < 1.29 is 13.9 Å². The molecule has 0 bridgehead atoms. The molecule has 32 heavy (non-hydrogen) atoms. The molecule has 0 aliphatic heterocycles. The molecular formula is C21H18FN7O3. The zero-order valence-electron chi connectivity index (χ0n) is 16.7. The number of aromatic nitrogens is 5. The van der Waals surface area contributed by atoms with Crippen LogP contribution in [0, 0.1) is 5.82 Å². The Morgan fingerprint density at radius 3 is 2.69 bits per heavy atom. The van der Waals surface area contributed by atoms with Crippen molar-refractivity contribution in [2.75, 3.05) is 11.1 Å². The number of hydrogen-bond acceptors (Lipinski definition) is 9. The lowest BCUT2D eigenvalue weighted by atomic mass is 10.2. The summed E-state index contributed by atoms with van der Waals surface area (Å²) in [7, 11) is 0. The van der Waals surface area contributed by atoms with Gasteiger partial charge in [0.25, 0.3) is 5.56 Å². The third-order valence-corrected chi connectivity index (χ3v) is 4.45. The molecule has 0 saturated carbocycles. The molecule has 2 aromatic carbocycles. The number of carbonyl (C=O) groups is 1. The molecule has 0 radical (unpaired) electrons.